The highest BCUT2D eigenvalue weighted by molar-refractivity contribution is 5.82. The van der Waals surface area contributed by atoms with Crippen LogP contribution < -0.4 is 11.5 Å². The summed E-state index contributed by atoms with van der Waals surface area (Å²) in [5, 5.41) is 0. The van der Waals surface area contributed by atoms with Crippen molar-refractivity contribution in [3.05, 3.63) is 0 Å². The van der Waals surface area contributed by atoms with E-state index in [1.165, 1.54) is 0 Å². The average Bonchev–Trinajstić information content (AvgIpc) is 1.95. The molecule has 1 aliphatic heterocycles. The van der Waals surface area contributed by atoms with E-state index in [1.54, 1.807) is 4.90 Å². The molecule has 0 aromatic rings. The normalized spacial score (nSPS) is 20.9. The van der Waals surface area contributed by atoms with Gasteiger partial charge in [0, 0.05) is 19.1 Å². The minimum Gasteiger partial charge on any atom is -0.338 e. The molecule has 0 radical (unpaired) electrons. The quantitative estimate of drug-likeness (QED) is 0.568. The van der Waals surface area contributed by atoms with Gasteiger partial charge >= 0.3 is 0 Å². The van der Waals surface area contributed by atoms with Gasteiger partial charge in [0.1, 0.15) is 0 Å². The topological polar surface area (TPSA) is 72.4 Å². The molecule has 1 aliphatic rings. The van der Waals surface area contributed by atoms with Gasteiger partial charge in [-0.15, -0.1) is 0 Å². The number of rotatable bonds is 2. The maximum absolute atomic E-state index is 11.5. The second-order valence-electron chi connectivity index (χ2n) is 3.77. The number of amides is 1. The number of carbonyl (C=O) groups excluding carboxylic acids is 1. The predicted octanol–water partition coefficient (Wildman–Crippen LogP) is -0.861. The third-order valence-electron chi connectivity index (χ3n) is 2.22. The van der Waals surface area contributed by atoms with E-state index < -0.39 is 0 Å². The first-order valence-electron chi connectivity index (χ1n) is 4.32. The van der Waals surface area contributed by atoms with Gasteiger partial charge in [0.15, 0.2) is 0 Å². The summed E-state index contributed by atoms with van der Waals surface area (Å²) >= 11 is 0. The fourth-order valence-electron chi connectivity index (χ4n) is 1.19. The molecule has 1 amide bonds. The van der Waals surface area contributed by atoms with Crippen LogP contribution in [0.2, 0.25) is 0 Å². The van der Waals surface area contributed by atoms with Crippen molar-refractivity contribution in [2.75, 3.05) is 13.1 Å². The Morgan fingerprint density at radius 1 is 1.50 bits per heavy atom. The van der Waals surface area contributed by atoms with Crippen LogP contribution in [-0.2, 0) is 4.79 Å². The zero-order chi connectivity index (χ0) is 9.30. The maximum atomic E-state index is 11.5. The van der Waals surface area contributed by atoms with E-state index in [9.17, 15) is 4.79 Å². The van der Waals surface area contributed by atoms with Gasteiger partial charge in [-0.2, -0.15) is 0 Å². The van der Waals surface area contributed by atoms with Gasteiger partial charge in [-0.1, -0.05) is 13.8 Å². The fourth-order valence-corrected chi connectivity index (χ4v) is 1.19. The maximum Gasteiger partial charge on any atom is 0.239 e. The monoisotopic (exact) mass is 171 g/mol. The molecule has 0 aromatic carbocycles. The van der Waals surface area contributed by atoms with Gasteiger partial charge in [0.25, 0.3) is 0 Å². The Kier molecular flexibility index (Phi) is 2.69. The molecule has 0 saturated carbocycles. The Hall–Kier alpha value is -0.610. The van der Waals surface area contributed by atoms with Crippen LogP contribution >= 0.6 is 0 Å². The van der Waals surface area contributed by atoms with Gasteiger partial charge in [0.2, 0.25) is 5.91 Å². The molecule has 4 nitrogen and oxygen atoms in total. The van der Waals surface area contributed by atoms with Crippen molar-refractivity contribution in [3.8, 4) is 0 Å². The van der Waals surface area contributed by atoms with E-state index in [0.29, 0.717) is 13.1 Å². The van der Waals surface area contributed by atoms with Crippen LogP contribution in [0.5, 0.6) is 0 Å². The largest absolute Gasteiger partial charge is 0.338 e. The smallest absolute Gasteiger partial charge is 0.239 e. The highest BCUT2D eigenvalue weighted by atomic mass is 16.2. The summed E-state index contributed by atoms with van der Waals surface area (Å²) in [7, 11) is 0. The molecule has 4 heteroatoms. The lowest BCUT2D eigenvalue weighted by Gasteiger charge is -2.38. The number of hydrogen-bond donors (Lipinski definition) is 2. The van der Waals surface area contributed by atoms with Crippen molar-refractivity contribution in [2.45, 2.75) is 25.9 Å². The molecule has 1 atom stereocenters. The van der Waals surface area contributed by atoms with Crippen LogP contribution in [-0.4, -0.2) is 36.0 Å². The number of nitrogens with zero attached hydrogens (tertiary/aromatic N) is 1. The van der Waals surface area contributed by atoms with Gasteiger partial charge in [-0.25, -0.2) is 0 Å². The molecule has 1 rings (SSSR count). The summed E-state index contributed by atoms with van der Waals surface area (Å²) in [5.41, 5.74) is 11.2. The van der Waals surface area contributed by atoms with Crippen LogP contribution in [0.25, 0.3) is 0 Å². The Balaban J connectivity index is 2.38. The predicted molar refractivity (Wildman–Crippen MR) is 47.4 cm³/mol. The third-order valence-corrected chi connectivity index (χ3v) is 2.22. The summed E-state index contributed by atoms with van der Waals surface area (Å²) in [6.45, 7) is 5.23. The van der Waals surface area contributed by atoms with Crippen LogP contribution in [0.3, 0.4) is 0 Å². The average molecular weight is 171 g/mol. The first-order valence-corrected chi connectivity index (χ1v) is 4.32. The summed E-state index contributed by atoms with van der Waals surface area (Å²) in [5.74, 6) is 0.237. The van der Waals surface area contributed by atoms with E-state index in [2.05, 4.69) is 0 Å². The summed E-state index contributed by atoms with van der Waals surface area (Å²) in [6, 6.07) is -0.203. The molecule has 12 heavy (non-hydrogen) atoms. The van der Waals surface area contributed by atoms with E-state index in [-0.39, 0.29) is 23.9 Å². The van der Waals surface area contributed by atoms with Gasteiger partial charge in [-0.05, 0) is 5.92 Å². The molecule has 1 fully saturated rings. The minimum absolute atomic E-state index is 0.0340. The zero-order valence-corrected chi connectivity index (χ0v) is 7.66. The Morgan fingerprint density at radius 3 is 2.33 bits per heavy atom. The third kappa shape index (κ3) is 1.76. The molecular weight excluding hydrogens is 154 g/mol. The second kappa shape index (κ2) is 3.41. The van der Waals surface area contributed by atoms with Crippen molar-refractivity contribution in [1.29, 1.82) is 0 Å². The van der Waals surface area contributed by atoms with E-state index in [1.807, 2.05) is 13.8 Å². The standard InChI is InChI=1S/C8H17N3O/c1-5(2)7(10)8(12)11-3-6(9)4-11/h5-7H,3-4,9-10H2,1-2H3/t7-/m1/s1. The molecule has 4 N–H and O–H groups in total. The SMILES string of the molecule is CC(C)[C@@H](N)C(=O)N1CC(N)C1. The summed E-state index contributed by atoms with van der Waals surface area (Å²) in [6.07, 6.45) is 0. The number of nitrogens with two attached hydrogens (primary N) is 2. The molecule has 0 aromatic heterocycles. The lowest BCUT2D eigenvalue weighted by Crippen LogP contribution is -2.61. The Labute approximate surface area is 72.9 Å². The molecule has 1 saturated heterocycles. The van der Waals surface area contributed by atoms with Crippen LogP contribution in [0.4, 0.5) is 0 Å². The number of hydrogen-bond acceptors (Lipinski definition) is 3. The van der Waals surface area contributed by atoms with Crippen molar-refractivity contribution in [2.24, 2.45) is 17.4 Å². The molecule has 0 bridgehead atoms. The van der Waals surface area contributed by atoms with E-state index in [0.717, 1.165) is 0 Å². The van der Waals surface area contributed by atoms with Crippen LogP contribution in [0, 0.1) is 5.92 Å². The Morgan fingerprint density at radius 2 is 2.00 bits per heavy atom. The van der Waals surface area contributed by atoms with E-state index >= 15 is 0 Å². The Bertz CT molecular complexity index is 175. The number of carbonyl (C=O) groups is 1. The molecule has 0 unspecified atom stereocenters. The van der Waals surface area contributed by atoms with Crippen LogP contribution in [0.15, 0.2) is 0 Å². The highest BCUT2D eigenvalue weighted by Gasteiger charge is 2.31. The first kappa shape index (κ1) is 9.48. The lowest BCUT2D eigenvalue weighted by atomic mass is 10.0. The zero-order valence-electron chi connectivity index (χ0n) is 7.66. The van der Waals surface area contributed by atoms with Gasteiger partial charge in [-0.3, -0.25) is 4.79 Å². The van der Waals surface area contributed by atoms with Crippen molar-refractivity contribution in [1.82, 2.24) is 4.90 Å². The highest BCUT2D eigenvalue weighted by Crippen LogP contribution is 2.10. The lowest BCUT2D eigenvalue weighted by molar-refractivity contribution is -0.137. The fraction of sp³-hybridized carbons (Fsp3) is 0.875. The molecule has 0 aliphatic carbocycles. The molecule has 0 spiro atoms. The van der Waals surface area contributed by atoms with Gasteiger partial charge in [0.05, 0.1) is 6.04 Å². The van der Waals surface area contributed by atoms with Crippen molar-refractivity contribution < 1.29 is 4.79 Å². The molecular formula is C8H17N3O. The first-order chi connectivity index (χ1) is 5.52. The minimum atomic E-state index is -0.363. The van der Waals surface area contributed by atoms with E-state index in [4.69, 9.17) is 11.5 Å². The summed E-state index contributed by atoms with van der Waals surface area (Å²) < 4.78 is 0. The molecule has 70 valence electrons. The van der Waals surface area contributed by atoms with Crippen LogP contribution in [0.1, 0.15) is 13.8 Å². The second-order valence-corrected chi connectivity index (χ2v) is 3.77. The number of likely N-dealkylation sites (tertiary alicyclic amines) is 1. The summed E-state index contributed by atoms with van der Waals surface area (Å²) in [4.78, 5) is 13.2. The molecule has 1 heterocycles. The van der Waals surface area contributed by atoms with Gasteiger partial charge < -0.3 is 16.4 Å². The van der Waals surface area contributed by atoms with Crippen molar-refractivity contribution >= 4 is 5.91 Å². The van der Waals surface area contributed by atoms with Crippen molar-refractivity contribution in [3.63, 3.8) is 0 Å².